The summed E-state index contributed by atoms with van der Waals surface area (Å²) in [6.07, 6.45) is 1.11. The number of hydrogen-bond donors (Lipinski definition) is 1. The quantitative estimate of drug-likeness (QED) is 0.809. The summed E-state index contributed by atoms with van der Waals surface area (Å²) in [5, 5.41) is 2.81. The fraction of sp³-hybridized carbons (Fsp3) is 0.500. The Kier molecular flexibility index (Phi) is 6.36. The Hall–Kier alpha value is -1.92. The summed E-state index contributed by atoms with van der Waals surface area (Å²) >= 11 is 0. The van der Waals surface area contributed by atoms with Crippen LogP contribution in [0.5, 0.6) is 0 Å². The number of benzene rings is 1. The summed E-state index contributed by atoms with van der Waals surface area (Å²) < 4.78 is 10.1. The maximum absolute atomic E-state index is 12.3. The summed E-state index contributed by atoms with van der Waals surface area (Å²) in [4.78, 5) is 25.8. The normalized spacial score (nSPS) is 14.7. The molecule has 1 aromatic rings. The van der Waals surface area contributed by atoms with Gasteiger partial charge in [-0.15, -0.1) is 0 Å². The van der Waals surface area contributed by atoms with Gasteiger partial charge in [0, 0.05) is 44.5 Å². The maximum Gasteiger partial charge on any atom is 0.254 e. The number of anilines is 1. The Morgan fingerprint density at radius 3 is 2.55 bits per heavy atom. The molecule has 0 atom stereocenters. The lowest BCUT2D eigenvalue weighted by molar-refractivity contribution is -0.116. The number of nitrogens with zero attached hydrogens (tertiary/aromatic N) is 1. The van der Waals surface area contributed by atoms with E-state index in [1.165, 1.54) is 0 Å². The number of methoxy groups -OCH3 is 1. The van der Waals surface area contributed by atoms with Crippen molar-refractivity contribution < 1.29 is 19.1 Å². The molecule has 6 nitrogen and oxygen atoms in total. The third-order valence-electron chi connectivity index (χ3n) is 3.47. The van der Waals surface area contributed by atoms with Crippen LogP contribution in [0.2, 0.25) is 0 Å². The van der Waals surface area contributed by atoms with E-state index in [2.05, 4.69) is 5.32 Å². The van der Waals surface area contributed by atoms with E-state index in [1.54, 1.807) is 36.3 Å². The van der Waals surface area contributed by atoms with E-state index >= 15 is 0 Å². The van der Waals surface area contributed by atoms with Crippen LogP contribution >= 0.6 is 0 Å². The van der Waals surface area contributed by atoms with E-state index in [4.69, 9.17) is 9.47 Å². The Balaban J connectivity index is 1.86. The highest BCUT2D eigenvalue weighted by atomic mass is 16.5. The highest BCUT2D eigenvalue weighted by Gasteiger charge is 2.18. The molecule has 0 aliphatic carbocycles. The average Bonchev–Trinajstić information content (AvgIpc) is 2.56. The van der Waals surface area contributed by atoms with Gasteiger partial charge in [0.15, 0.2) is 0 Å². The zero-order chi connectivity index (χ0) is 15.8. The van der Waals surface area contributed by atoms with Crippen molar-refractivity contribution in [1.82, 2.24) is 4.90 Å². The zero-order valence-corrected chi connectivity index (χ0v) is 12.8. The lowest BCUT2D eigenvalue weighted by Gasteiger charge is -2.26. The predicted molar refractivity (Wildman–Crippen MR) is 82.9 cm³/mol. The molecule has 0 bridgehead atoms. The highest BCUT2D eigenvalue weighted by Crippen LogP contribution is 2.13. The largest absolute Gasteiger partial charge is 0.385 e. The van der Waals surface area contributed by atoms with Crippen LogP contribution in [0, 0.1) is 0 Å². The molecule has 1 fully saturated rings. The van der Waals surface area contributed by atoms with Crippen LogP contribution in [0.15, 0.2) is 24.3 Å². The van der Waals surface area contributed by atoms with Crippen LogP contribution in [0.3, 0.4) is 0 Å². The number of nitrogens with one attached hydrogen (secondary N) is 1. The molecule has 2 rings (SSSR count). The third kappa shape index (κ3) is 4.82. The molecule has 1 heterocycles. The molecule has 2 amide bonds. The van der Waals surface area contributed by atoms with Crippen molar-refractivity contribution in [2.75, 3.05) is 45.3 Å². The predicted octanol–water partition coefficient (Wildman–Crippen LogP) is 1.52. The number of amides is 2. The lowest BCUT2D eigenvalue weighted by atomic mass is 10.1. The van der Waals surface area contributed by atoms with Crippen molar-refractivity contribution in [2.24, 2.45) is 0 Å². The second-order valence-corrected chi connectivity index (χ2v) is 5.13. The molecule has 1 aliphatic heterocycles. The van der Waals surface area contributed by atoms with Gasteiger partial charge in [-0.3, -0.25) is 9.59 Å². The third-order valence-corrected chi connectivity index (χ3v) is 3.47. The van der Waals surface area contributed by atoms with Crippen LogP contribution in [0.25, 0.3) is 0 Å². The van der Waals surface area contributed by atoms with E-state index in [-0.39, 0.29) is 11.8 Å². The number of rotatable bonds is 6. The first-order valence-corrected chi connectivity index (χ1v) is 7.46. The van der Waals surface area contributed by atoms with Gasteiger partial charge in [0.2, 0.25) is 5.91 Å². The van der Waals surface area contributed by atoms with Crippen LogP contribution < -0.4 is 5.32 Å². The van der Waals surface area contributed by atoms with Crippen LogP contribution in [0.4, 0.5) is 5.69 Å². The number of carbonyl (C=O) groups excluding carboxylic acids is 2. The molecular formula is C16H22N2O4. The fourth-order valence-corrected chi connectivity index (χ4v) is 2.25. The molecule has 120 valence electrons. The highest BCUT2D eigenvalue weighted by molar-refractivity contribution is 5.95. The van der Waals surface area contributed by atoms with E-state index < -0.39 is 0 Å². The molecule has 0 unspecified atom stereocenters. The van der Waals surface area contributed by atoms with E-state index in [1.807, 2.05) is 0 Å². The summed E-state index contributed by atoms with van der Waals surface area (Å²) in [5.41, 5.74) is 1.32. The van der Waals surface area contributed by atoms with Gasteiger partial charge in [-0.2, -0.15) is 0 Å². The molecule has 1 saturated heterocycles. The zero-order valence-electron chi connectivity index (χ0n) is 12.8. The molecular weight excluding hydrogens is 284 g/mol. The average molecular weight is 306 g/mol. The Morgan fingerprint density at radius 2 is 1.91 bits per heavy atom. The topological polar surface area (TPSA) is 67.9 Å². The molecule has 6 heteroatoms. The minimum atomic E-state index is -0.0516. The molecule has 1 aromatic carbocycles. The van der Waals surface area contributed by atoms with E-state index in [0.29, 0.717) is 57.0 Å². The molecule has 1 N–H and O–H groups in total. The van der Waals surface area contributed by atoms with Gasteiger partial charge < -0.3 is 19.7 Å². The molecule has 0 saturated carbocycles. The van der Waals surface area contributed by atoms with Crippen LogP contribution in [-0.2, 0) is 14.3 Å². The van der Waals surface area contributed by atoms with Crippen molar-refractivity contribution >= 4 is 17.5 Å². The standard InChI is InChI=1S/C16H22N2O4/c1-21-10-2-3-15(19)17-14-6-4-13(5-7-14)16(20)18-8-11-22-12-9-18/h4-7H,2-3,8-12H2,1H3,(H,17,19). The van der Waals surface area contributed by atoms with Crippen molar-refractivity contribution in [1.29, 1.82) is 0 Å². The van der Waals surface area contributed by atoms with Crippen molar-refractivity contribution in [2.45, 2.75) is 12.8 Å². The SMILES string of the molecule is COCCCC(=O)Nc1ccc(C(=O)N2CCOCC2)cc1. The summed E-state index contributed by atoms with van der Waals surface area (Å²) in [7, 11) is 1.61. The second-order valence-electron chi connectivity index (χ2n) is 5.13. The minimum Gasteiger partial charge on any atom is -0.385 e. The van der Waals surface area contributed by atoms with E-state index in [9.17, 15) is 9.59 Å². The second kappa shape index (κ2) is 8.51. The lowest BCUT2D eigenvalue weighted by Crippen LogP contribution is -2.40. The van der Waals surface area contributed by atoms with Crippen molar-refractivity contribution in [3.05, 3.63) is 29.8 Å². The van der Waals surface area contributed by atoms with Crippen molar-refractivity contribution in [3.8, 4) is 0 Å². The number of ether oxygens (including phenoxy) is 2. The molecule has 1 aliphatic rings. The monoisotopic (exact) mass is 306 g/mol. The fourth-order valence-electron chi connectivity index (χ4n) is 2.25. The summed E-state index contributed by atoms with van der Waals surface area (Å²) in [5.74, 6) is -0.0504. The minimum absolute atomic E-state index is 0.00118. The molecule has 0 aromatic heterocycles. The first-order valence-electron chi connectivity index (χ1n) is 7.46. The Bertz CT molecular complexity index is 495. The molecule has 0 spiro atoms. The van der Waals surface area contributed by atoms with Gasteiger partial charge in [0.1, 0.15) is 0 Å². The first-order chi connectivity index (χ1) is 10.7. The van der Waals surface area contributed by atoms with Gasteiger partial charge >= 0.3 is 0 Å². The smallest absolute Gasteiger partial charge is 0.254 e. The summed E-state index contributed by atoms with van der Waals surface area (Å²) in [6, 6.07) is 6.98. The van der Waals surface area contributed by atoms with Gasteiger partial charge in [-0.25, -0.2) is 0 Å². The number of morpholine rings is 1. The molecule has 0 radical (unpaired) electrons. The van der Waals surface area contributed by atoms with Crippen LogP contribution in [0.1, 0.15) is 23.2 Å². The maximum atomic E-state index is 12.3. The van der Waals surface area contributed by atoms with Gasteiger partial charge in [-0.1, -0.05) is 0 Å². The van der Waals surface area contributed by atoms with Gasteiger partial charge in [0.05, 0.1) is 13.2 Å². The van der Waals surface area contributed by atoms with Crippen LogP contribution in [-0.4, -0.2) is 56.7 Å². The van der Waals surface area contributed by atoms with Crippen molar-refractivity contribution in [3.63, 3.8) is 0 Å². The number of carbonyl (C=O) groups is 2. The molecule has 22 heavy (non-hydrogen) atoms. The van der Waals surface area contributed by atoms with E-state index in [0.717, 1.165) is 0 Å². The number of hydrogen-bond acceptors (Lipinski definition) is 4. The van der Waals surface area contributed by atoms with Gasteiger partial charge in [-0.05, 0) is 30.7 Å². The Labute approximate surface area is 130 Å². The van der Waals surface area contributed by atoms with Gasteiger partial charge in [0.25, 0.3) is 5.91 Å². The Morgan fingerprint density at radius 1 is 1.23 bits per heavy atom. The summed E-state index contributed by atoms with van der Waals surface area (Å²) in [6.45, 7) is 2.98. The first kappa shape index (κ1) is 16.5.